The fraction of sp³-hybridized carbons (Fsp3) is 0.462. The first-order valence-electron chi connectivity index (χ1n) is 6.15. The molecule has 0 saturated heterocycles. The summed E-state index contributed by atoms with van der Waals surface area (Å²) >= 11 is 1.70. The standard InChI is InChI=1S/C13H17N3S/c1-8-15-12-7-11(10(14)6-13(12)17-8)16-9-4-2-3-5-9/h6-7,9,16H,2-5,14H2,1H3. The van der Waals surface area contributed by atoms with Gasteiger partial charge in [-0.1, -0.05) is 12.8 Å². The van der Waals surface area contributed by atoms with Gasteiger partial charge in [0.1, 0.15) is 0 Å². The molecule has 1 aliphatic carbocycles. The highest BCUT2D eigenvalue weighted by Crippen LogP contribution is 2.31. The summed E-state index contributed by atoms with van der Waals surface area (Å²) in [6.45, 7) is 2.03. The maximum atomic E-state index is 6.09. The van der Waals surface area contributed by atoms with E-state index in [1.165, 1.54) is 30.4 Å². The molecule has 3 N–H and O–H groups in total. The molecule has 0 unspecified atom stereocenters. The van der Waals surface area contributed by atoms with Crippen molar-refractivity contribution in [2.24, 2.45) is 0 Å². The van der Waals surface area contributed by atoms with Crippen molar-refractivity contribution >= 4 is 32.9 Å². The third kappa shape index (κ3) is 2.09. The Morgan fingerprint density at radius 1 is 1.35 bits per heavy atom. The zero-order valence-corrected chi connectivity index (χ0v) is 10.8. The van der Waals surface area contributed by atoms with Crippen LogP contribution in [0.4, 0.5) is 11.4 Å². The first-order chi connectivity index (χ1) is 8.22. The molecule has 1 fully saturated rings. The zero-order chi connectivity index (χ0) is 11.8. The van der Waals surface area contributed by atoms with Crippen molar-refractivity contribution in [2.75, 3.05) is 11.1 Å². The Morgan fingerprint density at radius 2 is 2.12 bits per heavy atom. The van der Waals surface area contributed by atoms with Crippen LogP contribution < -0.4 is 11.1 Å². The van der Waals surface area contributed by atoms with Crippen LogP contribution in [0.15, 0.2) is 12.1 Å². The van der Waals surface area contributed by atoms with E-state index in [1.807, 2.05) is 13.0 Å². The highest BCUT2D eigenvalue weighted by atomic mass is 32.1. The van der Waals surface area contributed by atoms with Gasteiger partial charge in [-0.15, -0.1) is 11.3 Å². The van der Waals surface area contributed by atoms with E-state index in [2.05, 4.69) is 16.4 Å². The van der Waals surface area contributed by atoms with Crippen LogP contribution >= 0.6 is 11.3 Å². The molecule has 1 aromatic heterocycles. The van der Waals surface area contributed by atoms with E-state index in [1.54, 1.807) is 11.3 Å². The topological polar surface area (TPSA) is 50.9 Å². The zero-order valence-electron chi connectivity index (χ0n) is 9.99. The van der Waals surface area contributed by atoms with Crippen molar-refractivity contribution in [3.63, 3.8) is 0 Å². The van der Waals surface area contributed by atoms with Gasteiger partial charge in [0.2, 0.25) is 0 Å². The normalized spacial score (nSPS) is 16.8. The van der Waals surface area contributed by atoms with E-state index in [0.29, 0.717) is 6.04 Å². The number of hydrogen-bond donors (Lipinski definition) is 2. The van der Waals surface area contributed by atoms with Crippen molar-refractivity contribution in [1.29, 1.82) is 0 Å². The van der Waals surface area contributed by atoms with Gasteiger partial charge < -0.3 is 11.1 Å². The van der Waals surface area contributed by atoms with Crippen LogP contribution in [-0.2, 0) is 0 Å². The van der Waals surface area contributed by atoms with Crippen molar-refractivity contribution in [1.82, 2.24) is 4.98 Å². The third-order valence-electron chi connectivity index (χ3n) is 3.38. The van der Waals surface area contributed by atoms with Crippen LogP contribution in [0.1, 0.15) is 30.7 Å². The van der Waals surface area contributed by atoms with Crippen LogP contribution in [0.2, 0.25) is 0 Å². The number of rotatable bonds is 2. The summed E-state index contributed by atoms with van der Waals surface area (Å²) in [5.41, 5.74) is 9.04. The second kappa shape index (κ2) is 4.18. The molecule has 90 valence electrons. The van der Waals surface area contributed by atoms with Gasteiger partial charge in [0, 0.05) is 6.04 Å². The molecular formula is C13H17N3S. The van der Waals surface area contributed by atoms with Gasteiger partial charge in [-0.05, 0) is 31.9 Å². The predicted molar refractivity (Wildman–Crippen MR) is 74.6 cm³/mol. The van der Waals surface area contributed by atoms with Gasteiger partial charge >= 0.3 is 0 Å². The summed E-state index contributed by atoms with van der Waals surface area (Å²) in [6, 6.07) is 4.72. The fourth-order valence-corrected chi connectivity index (χ4v) is 3.38. The Labute approximate surface area is 105 Å². The molecule has 0 atom stereocenters. The number of nitrogens with zero attached hydrogens (tertiary/aromatic N) is 1. The number of benzene rings is 1. The molecule has 0 aliphatic heterocycles. The molecule has 1 heterocycles. The highest BCUT2D eigenvalue weighted by molar-refractivity contribution is 7.18. The van der Waals surface area contributed by atoms with Gasteiger partial charge in [0.25, 0.3) is 0 Å². The molecule has 1 aliphatic rings. The number of nitrogens with one attached hydrogen (secondary N) is 1. The molecule has 0 radical (unpaired) electrons. The van der Waals surface area contributed by atoms with E-state index in [0.717, 1.165) is 21.9 Å². The molecule has 1 saturated carbocycles. The average Bonchev–Trinajstić information content (AvgIpc) is 2.87. The van der Waals surface area contributed by atoms with Gasteiger partial charge in [0.05, 0.1) is 26.6 Å². The monoisotopic (exact) mass is 247 g/mol. The van der Waals surface area contributed by atoms with Gasteiger partial charge in [-0.25, -0.2) is 4.98 Å². The maximum absolute atomic E-state index is 6.09. The molecule has 0 spiro atoms. The summed E-state index contributed by atoms with van der Waals surface area (Å²) in [5, 5.41) is 4.64. The number of aryl methyl sites for hydroxylation is 1. The van der Waals surface area contributed by atoms with Crippen molar-refractivity contribution in [3.8, 4) is 0 Å². The Kier molecular flexibility index (Phi) is 2.67. The second-order valence-corrected chi connectivity index (χ2v) is 6.00. The smallest absolute Gasteiger partial charge is 0.0907 e. The first kappa shape index (κ1) is 10.8. The second-order valence-electron chi connectivity index (χ2n) is 4.77. The van der Waals surface area contributed by atoms with Crippen LogP contribution in [0.25, 0.3) is 10.2 Å². The highest BCUT2D eigenvalue weighted by Gasteiger charge is 2.16. The number of thiazole rings is 1. The van der Waals surface area contributed by atoms with Crippen molar-refractivity contribution < 1.29 is 0 Å². The van der Waals surface area contributed by atoms with Crippen molar-refractivity contribution in [3.05, 3.63) is 17.1 Å². The molecular weight excluding hydrogens is 230 g/mol. The number of nitrogens with two attached hydrogens (primary N) is 1. The van der Waals surface area contributed by atoms with Crippen LogP contribution in [0.3, 0.4) is 0 Å². The fourth-order valence-electron chi connectivity index (χ4n) is 2.52. The van der Waals surface area contributed by atoms with Crippen LogP contribution in [-0.4, -0.2) is 11.0 Å². The lowest BCUT2D eigenvalue weighted by Crippen LogP contribution is -2.15. The SMILES string of the molecule is Cc1nc2cc(NC3CCCC3)c(N)cc2s1. The number of anilines is 2. The van der Waals surface area contributed by atoms with Gasteiger partial charge in [-0.2, -0.15) is 0 Å². The van der Waals surface area contributed by atoms with Gasteiger partial charge in [0.15, 0.2) is 0 Å². The molecule has 3 nitrogen and oxygen atoms in total. The molecule has 3 rings (SSSR count). The number of aromatic nitrogens is 1. The molecule has 1 aromatic carbocycles. The Hall–Kier alpha value is -1.29. The Balaban J connectivity index is 1.94. The average molecular weight is 247 g/mol. The van der Waals surface area contributed by atoms with E-state index in [9.17, 15) is 0 Å². The van der Waals surface area contributed by atoms with E-state index in [-0.39, 0.29) is 0 Å². The minimum absolute atomic E-state index is 0.592. The lowest BCUT2D eigenvalue weighted by Gasteiger charge is -2.15. The maximum Gasteiger partial charge on any atom is 0.0907 e. The number of fused-ring (bicyclic) bond motifs is 1. The van der Waals surface area contributed by atoms with Gasteiger partial charge in [-0.3, -0.25) is 0 Å². The summed E-state index contributed by atoms with van der Waals surface area (Å²) in [5.74, 6) is 0. The van der Waals surface area contributed by atoms with E-state index in [4.69, 9.17) is 5.73 Å². The summed E-state index contributed by atoms with van der Waals surface area (Å²) in [7, 11) is 0. The summed E-state index contributed by atoms with van der Waals surface area (Å²) < 4.78 is 1.18. The Morgan fingerprint density at radius 3 is 2.88 bits per heavy atom. The minimum atomic E-state index is 0.592. The summed E-state index contributed by atoms with van der Waals surface area (Å²) in [6.07, 6.45) is 5.17. The number of nitrogen functional groups attached to an aromatic ring is 1. The summed E-state index contributed by atoms with van der Waals surface area (Å²) in [4.78, 5) is 4.51. The quantitative estimate of drug-likeness (QED) is 0.798. The lowest BCUT2D eigenvalue weighted by molar-refractivity contribution is 0.756. The first-order valence-corrected chi connectivity index (χ1v) is 6.97. The molecule has 4 heteroatoms. The third-order valence-corrected chi connectivity index (χ3v) is 4.32. The van der Waals surface area contributed by atoms with E-state index >= 15 is 0 Å². The van der Waals surface area contributed by atoms with Crippen LogP contribution in [0, 0.1) is 6.92 Å². The number of hydrogen-bond acceptors (Lipinski definition) is 4. The molecule has 0 amide bonds. The van der Waals surface area contributed by atoms with E-state index < -0.39 is 0 Å². The van der Waals surface area contributed by atoms with Crippen molar-refractivity contribution in [2.45, 2.75) is 38.6 Å². The molecule has 17 heavy (non-hydrogen) atoms. The predicted octanol–water partition coefficient (Wildman–Crippen LogP) is 3.54. The Bertz CT molecular complexity index is 541. The minimum Gasteiger partial charge on any atom is -0.397 e. The molecule has 2 aromatic rings. The largest absolute Gasteiger partial charge is 0.397 e. The molecule has 0 bridgehead atoms. The lowest BCUT2D eigenvalue weighted by atomic mass is 10.2. The van der Waals surface area contributed by atoms with Crippen LogP contribution in [0.5, 0.6) is 0 Å².